The van der Waals surface area contributed by atoms with Crippen LogP contribution in [0.1, 0.15) is 69.4 Å². The fourth-order valence-corrected chi connectivity index (χ4v) is 4.96. The molecule has 0 atom stereocenters. The molecule has 0 saturated carbocycles. The molecule has 1 aromatic heterocycles. The van der Waals surface area contributed by atoms with Gasteiger partial charge in [-0.05, 0) is 75.1 Å². The van der Waals surface area contributed by atoms with Gasteiger partial charge in [0.2, 0.25) is 0 Å². The van der Waals surface area contributed by atoms with Gasteiger partial charge >= 0.3 is 12.1 Å². The molecule has 0 radical (unpaired) electrons. The molecule has 10 heteroatoms. The molecule has 1 saturated heterocycles. The summed E-state index contributed by atoms with van der Waals surface area (Å²) in [5.74, 6) is -0.784. The smallest absolute Gasteiger partial charge is 0.416 e. The van der Waals surface area contributed by atoms with Crippen LogP contribution in [0.15, 0.2) is 18.2 Å². The van der Waals surface area contributed by atoms with Crippen LogP contribution >= 0.6 is 0 Å². The largest absolute Gasteiger partial charge is 0.462 e. The Kier molecular flexibility index (Phi) is 7.21. The van der Waals surface area contributed by atoms with E-state index >= 15 is 0 Å². The van der Waals surface area contributed by atoms with Crippen molar-refractivity contribution in [2.75, 3.05) is 26.4 Å². The Morgan fingerprint density at radius 3 is 2.69 bits per heavy atom. The van der Waals surface area contributed by atoms with Crippen LogP contribution in [0.25, 0.3) is 0 Å². The van der Waals surface area contributed by atoms with Crippen molar-refractivity contribution in [3.63, 3.8) is 0 Å². The fraction of sp³-hybridized carbons (Fsp3) is 0.560. The molecule has 2 aromatic rings. The highest BCUT2D eigenvalue weighted by molar-refractivity contribution is 5.94. The summed E-state index contributed by atoms with van der Waals surface area (Å²) < 4.78 is 51.4. The summed E-state index contributed by atoms with van der Waals surface area (Å²) in [6.07, 6.45) is -0.983. The number of aryl methyl sites for hydroxylation is 3. The highest BCUT2D eigenvalue weighted by Crippen LogP contribution is 2.38. The molecule has 35 heavy (non-hydrogen) atoms. The molecule has 1 spiro atoms. The van der Waals surface area contributed by atoms with E-state index in [0.29, 0.717) is 44.8 Å². The van der Waals surface area contributed by atoms with Crippen molar-refractivity contribution in [2.45, 2.75) is 58.7 Å². The van der Waals surface area contributed by atoms with Gasteiger partial charge in [0.05, 0.1) is 23.4 Å². The molecule has 0 aliphatic carbocycles. The summed E-state index contributed by atoms with van der Waals surface area (Å²) in [7, 11) is 0. The first-order chi connectivity index (χ1) is 16.6. The lowest BCUT2D eigenvalue weighted by molar-refractivity contribution is -0.138. The van der Waals surface area contributed by atoms with Crippen molar-refractivity contribution in [3.05, 3.63) is 51.8 Å². The minimum absolute atomic E-state index is 0.0277. The minimum atomic E-state index is -4.47. The number of carbonyl (C=O) groups excluding carboxylic acids is 2. The molecular formula is C25H30F3N3O4. The van der Waals surface area contributed by atoms with Crippen LogP contribution in [0.5, 0.6) is 0 Å². The number of fused-ring (bicyclic) bond motifs is 1. The van der Waals surface area contributed by atoms with Gasteiger partial charge in [-0.2, -0.15) is 18.3 Å². The number of hydrogen-bond donors (Lipinski definition) is 1. The molecule has 7 nitrogen and oxygen atoms in total. The topological polar surface area (TPSA) is 82.5 Å². The van der Waals surface area contributed by atoms with Crippen LogP contribution in [0, 0.1) is 12.3 Å². The van der Waals surface area contributed by atoms with Crippen LogP contribution in [0.4, 0.5) is 13.2 Å². The van der Waals surface area contributed by atoms with E-state index in [9.17, 15) is 22.8 Å². The third-order valence-corrected chi connectivity index (χ3v) is 6.94. The molecule has 0 unspecified atom stereocenters. The number of esters is 1. The average Bonchev–Trinajstić information content (AvgIpc) is 3.09. The van der Waals surface area contributed by atoms with Gasteiger partial charge in [-0.15, -0.1) is 0 Å². The summed E-state index contributed by atoms with van der Waals surface area (Å²) in [6, 6.07) is 3.22. The van der Waals surface area contributed by atoms with Crippen LogP contribution in [-0.4, -0.2) is 48.0 Å². The summed E-state index contributed by atoms with van der Waals surface area (Å²) in [5, 5.41) is 7.75. The third kappa shape index (κ3) is 5.37. The summed E-state index contributed by atoms with van der Waals surface area (Å²) in [5.41, 5.74) is 1.61. The zero-order valence-corrected chi connectivity index (χ0v) is 20.0. The fourth-order valence-electron chi connectivity index (χ4n) is 4.96. The maximum atomic E-state index is 13.0. The predicted octanol–water partition coefficient (Wildman–Crippen LogP) is 4.10. The molecule has 4 rings (SSSR count). The third-order valence-electron chi connectivity index (χ3n) is 6.94. The average molecular weight is 494 g/mol. The second kappa shape index (κ2) is 10.0. The van der Waals surface area contributed by atoms with Crippen molar-refractivity contribution < 1.29 is 32.2 Å². The van der Waals surface area contributed by atoms with Crippen LogP contribution in [0.2, 0.25) is 0 Å². The second-order valence-corrected chi connectivity index (χ2v) is 9.33. The van der Waals surface area contributed by atoms with Gasteiger partial charge in [0.25, 0.3) is 5.91 Å². The van der Waals surface area contributed by atoms with Crippen LogP contribution in [0.3, 0.4) is 0 Å². The van der Waals surface area contributed by atoms with Gasteiger partial charge in [0, 0.05) is 31.9 Å². The molecule has 190 valence electrons. The number of amides is 1. The Morgan fingerprint density at radius 2 is 2.03 bits per heavy atom. The highest BCUT2D eigenvalue weighted by atomic mass is 19.4. The monoisotopic (exact) mass is 493 g/mol. The van der Waals surface area contributed by atoms with E-state index in [1.165, 1.54) is 13.0 Å². The highest BCUT2D eigenvalue weighted by Gasteiger charge is 2.39. The molecular weight excluding hydrogens is 463 g/mol. The van der Waals surface area contributed by atoms with Crippen LogP contribution < -0.4 is 5.32 Å². The number of aromatic nitrogens is 2. The van der Waals surface area contributed by atoms with Gasteiger partial charge in [0.1, 0.15) is 5.69 Å². The standard InChI is InChI=1S/C25H30F3N3O4/c1-3-31-21-18(14-24(15-29-22(21)32)8-11-34-12-9-24)20(30-31)5-4-10-35-23(33)17-6-7-19(16(2)13-17)25(26,27)28/h6-7,13H,3-5,8-12,14-15H2,1-2H3,(H,29,32). The summed E-state index contributed by atoms with van der Waals surface area (Å²) in [6.45, 7) is 5.86. The Balaban J connectivity index is 1.42. The zero-order valence-electron chi connectivity index (χ0n) is 20.0. The quantitative estimate of drug-likeness (QED) is 0.484. The molecule has 2 aliphatic rings. The van der Waals surface area contributed by atoms with Gasteiger partial charge < -0.3 is 14.8 Å². The van der Waals surface area contributed by atoms with Crippen molar-refractivity contribution in [1.82, 2.24) is 15.1 Å². The first-order valence-corrected chi connectivity index (χ1v) is 11.9. The number of alkyl halides is 3. The van der Waals surface area contributed by atoms with E-state index < -0.39 is 17.7 Å². The number of hydrogen-bond acceptors (Lipinski definition) is 5. The van der Waals surface area contributed by atoms with E-state index in [-0.39, 0.29) is 29.1 Å². The normalized spacial score (nSPS) is 17.6. The lowest BCUT2D eigenvalue weighted by Crippen LogP contribution is -2.40. The summed E-state index contributed by atoms with van der Waals surface area (Å²) >= 11 is 0. The Hall–Kier alpha value is -2.88. The van der Waals surface area contributed by atoms with Gasteiger partial charge in [-0.1, -0.05) is 0 Å². The SMILES string of the molecule is CCn1nc(CCCOC(=O)c2ccc(C(F)(F)F)c(C)c2)c2c1C(=O)NCC1(CCOCC1)C2. The molecule has 1 fully saturated rings. The predicted molar refractivity (Wildman–Crippen MR) is 121 cm³/mol. The molecule has 1 aromatic carbocycles. The number of nitrogens with one attached hydrogen (secondary N) is 1. The first kappa shape index (κ1) is 25.2. The van der Waals surface area contributed by atoms with Crippen molar-refractivity contribution in [1.29, 1.82) is 0 Å². The van der Waals surface area contributed by atoms with Crippen molar-refractivity contribution >= 4 is 11.9 Å². The molecule has 2 aliphatic heterocycles. The number of rotatable bonds is 6. The maximum Gasteiger partial charge on any atom is 0.416 e. The van der Waals surface area contributed by atoms with E-state index in [2.05, 4.69) is 10.4 Å². The van der Waals surface area contributed by atoms with E-state index in [1.54, 1.807) is 4.68 Å². The van der Waals surface area contributed by atoms with Gasteiger partial charge in [0.15, 0.2) is 0 Å². The lowest BCUT2D eigenvalue weighted by Gasteiger charge is -2.36. The molecule has 1 N–H and O–H groups in total. The van der Waals surface area contributed by atoms with Gasteiger partial charge in [-0.3, -0.25) is 9.48 Å². The Labute approximate surface area is 202 Å². The number of nitrogens with zero attached hydrogens (tertiary/aromatic N) is 2. The zero-order chi connectivity index (χ0) is 25.2. The summed E-state index contributed by atoms with van der Waals surface area (Å²) in [4.78, 5) is 25.2. The Morgan fingerprint density at radius 1 is 1.29 bits per heavy atom. The molecule has 3 heterocycles. The molecule has 1 amide bonds. The van der Waals surface area contributed by atoms with Crippen LogP contribution in [-0.2, 0) is 35.0 Å². The van der Waals surface area contributed by atoms with Crippen molar-refractivity contribution in [3.8, 4) is 0 Å². The first-order valence-electron chi connectivity index (χ1n) is 11.9. The van der Waals surface area contributed by atoms with E-state index in [1.807, 2.05) is 6.92 Å². The minimum Gasteiger partial charge on any atom is -0.462 e. The van der Waals surface area contributed by atoms with E-state index in [0.717, 1.165) is 42.7 Å². The Bertz CT molecular complexity index is 1100. The maximum absolute atomic E-state index is 13.0. The van der Waals surface area contributed by atoms with Crippen molar-refractivity contribution in [2.24, 2.45) is 5.41 Å². The number of carbonyl (C=O) groups is 2. The number of benzene rings is 1. The number of ether oxygens (including phenoxy) is 2. The number of halogens is 3. The second-order valence-electron chi connectivity index (χ2n) is 9.33. The van der Waals surface area contributed by atoms with Gasteiger partial charge in [-0.25, -0.2) is 4.79 Å². The lowest BCUT2D eigenvalue weighted by atomic mass is 9.75. The van der Waals surface area contributed by atoms with E-state index in [4.69, 9.17) is 9.47 Å². The molecule has 0 bridgehead atoms.